The minimum absolute atomic E-state index is 0.0903. The standard InChI is InChI=1S/C10H20.C10H14.C9H17F3.C9H18.C9H20.2C8H18.C7H16/c2*1-10(2,3)9-7-5-4-6-8-9;1-7(2,3)6-8(4,5)9(10,11)12;1-9(2,3)8-6-4-5-7-8;1-8(2,3)7-9(4,5)6;1-7(2)6-8(3,4)5;1-6-7(2)8(3,4)5;1-5-6-7(2,3)4/h9H,4-8H2,1-3H3;4-8H,1-3H3;6H2,1-5H3;8H,4-7H2,1-3H3;7H2,1-6H3;2*7H,6H2,1-5H3;5-6H2,1-4H3/i9D;;6D2;8D;7D2;6D2;2D3,6D2,7D;5D2,6D2. The first kappa shape index (κ1) is 50.2. The molecule has 0 radical (unpaired) electrons. The van der Waals surface area contributed by atoms with Crippen LogP contribution in [0.15, 0.2) is 30.3 Å². The summed E-state index contributed by atoms with van der Waals surface area (Å²) in [5, 5.41) is 0. The Kier molecular flexibility index (Phi) is 24.0. The van der Waals surface area contributed by atoms with Crippen LogP contribution in [0, 0.1) is 72.3 Å². The number of benzene rings is 1. The smallest absolute Gasteiger partial charge is 0.171 e. The van der Waals surface area contributed by atoms with Gasteiger partial charge in [0.2, 0.25) is 0 Å². The molecule has 0 saturated heterocycles. The maximum atomic E-state index is 12.6. The van der Waals surface area contributed by atoms with E-state index < -0.39 is 78.8 Å². The number of hydrogen-bond acceptors (Lipinski definition) is 0. The Bertz CT molecular complexity index is 2030. The number of hydrogen-bond donors (Lipinski definition) is 0. The van der Waals surface area contributed by atoms with Gasteiger partial charge >= 0.3 is 6.18 Å². The van der Waals surface area contributed by atoms with E-state index >= 15 is 0 Å². The maximum absolute atomic E-state index is 12.6. The molecule has 3 rings (SSSR count). The van der Waals surface area contributed by atoms with E-state index in [0.717, 1.165) is 46.5 Å². The van der Waals surface area contributed by atoms with Crippen LogP contribution >= 0.6 is 0 Å². The van der Waals surface area contributed by atoms with Crippen LogP contribution in [0.4, 0.5) is 13.2 Å². The molecule has 1 aromatic carbocycles. The third kappa shape index (κ3) is 55.6. The largest absolute Gasteiger partial charge is 0.393 e. The maximum Gasteiger partial charge on any atom is 0.393 e. The minimum Gasteiger partial charge on any atom is -0.171 e. The van der Waals surface area contributed by atoms with E-state index in [0.29, 0.717) is 5.41 Å². The second kappa shape index (κ2) is 34.8. The average Bonchev–Trinajstić information content (AvgIpc) is 1.58. The predicted octanol–water partition coefficient (Wildman–Crippen LogP) is 26.3. The van der Waals surface area contributed by atoms with Crippen molar-refractivity contribution in [3.05, 3.63) is 35.9 Å². The van der Waals surface area contributed by atoms with Crippen molar-refractivity contribution in [1.82, 2.24) is 0 Å². The molecule has 0 N–H and O–H groups in total. The third-order valence-electron chi connectivity index (χ3n) is 10.8. The van der Waals surface area contributed by atoms with Crippen LogP contribution in [0.2, 0.25) is 0 Å². The summed E-state index contributed by atoms with van der Waals surface area (Å²) in [5.74, 6) is -2.27. The molecule has 2 saturated carbocycles. The minimum atomic E-state index is -4.54. The zero-order valence-corrected chi connectivity index (χ0v) is 55.0. The van der Waals surface area contributed by atoms with Gasteiger partial charge < -0.3 is 0 Å². The highest BCUT2D eigenvalue weighted by Crippen LogP contribution is 2.45. The third-order valence-corrected chi connectivity index (χ3v) is 10.8. The Morgan fingerprint density at radius 3 is 0.973 bits per heavy atom. The lowest BCUT2D eigenvalue weighted by atomic mass is 9.72. The van der Waals surface area contributed by atoms with Gasteiger partial charge in [0.25, 0.3) is 0 Å². The highest BCUT2D eigenvalue weighted by Gasteiger charge is 2.48. The summed E-state index contributed by atoms with van der Waals surface area (Å²) in [6.07, 6.45) is -3.85. The van der Waals surface area contributed by atoms with E-state index in [1.165, 1.54) is 65.4 Å². The molecule has 0 heterocycles. The quantitative estimate of drug-likeness (QED) is 0.282. The van der Waals surface area contributed by atoms with E-state index in [9.17, 15) is 13.2 Å². The van der Waals surface area contributed by atoms with E-state index in [1.807, 2.05) is 76.2 Å². The van der Waals surface area contributed by atoms with Crippen molar-refractivity contribution in [2.24, 2.45) is 72.3 Å². The molecule has 1 atom stereocenters. The number of alkyl halides is 3. The highest BCUT2D eigenvalue weighted by atomic mass is 19.4. The molecule has 0 spiro atoms. The summed E-state index contributed by atoms with van der Waals surface area (Å²) in [5.41, 5.74) is -3.78. The Morgan fingerprint density at radius 1 is 0.521 bits per heavy atom. The van der Waals surface area contributed by atoms with E-state index in [2.05, 4.69) is 92.6 Å². The van der Waals surface area contributed by atoms with Crippen molar-refractivity contribution >= 4 is 0 Å². The first-order valence-electron chi connectivity index (χ1n) is 36.8. The van der Waals surface area contributed by atoms with Crippen LogP contribution in [-0.2, 0) is 5.41 Å². The SMILES string of the molecule is CC(C)(C)c1ccccc1.[2H]C([2H])(C(C)(C)C)C(C)(C)C.[2H]C([2H])(C(C)(C)C)C(C)(C)C(F)(F)F.[2H]C([2H])(C(C)C)C(C)(C)C.[2H]C([2H])(C)C([2H])([2H])C(C)(C)C.[2H]C([2H])([2H])C([2H])(C([2H])([2H])C)C(C)(C)C.[2H]C1(C(C)(C)C)CCCC1.[2H]C1(C(C)(C)C)CCCCC1. The van der Waals surface area contributed by atoms with Crippen LogP contribution in [0.25, 0.3) is 0 Å². The fourth-order valence-corrected chi connectivity index (χ4v) is 7.97. The second-order valence-electron chi connectivity index (χ2n) is 30.3. The van der Waals surface area contributed by atoms with Gasteiger partial charge in [0, 0.05) is 24.7 Å². The zero-order valence-electron chi connectivity index (χ0n) is 73.0. The van der Waals surface area contributed by atoms with Crippen molar-refractivity contribution in [3.8, 4) is 0 Å². The van der Waals surface area contributed by atoms with Crippen molar-refractivity contribution < 1.29 is 37.8 Å². The van der Waals surface area contributed by atoms with Gasteiger partial charge in [-0.1, -0.05) is 311 Å². The van der Waals surface area contributed by atoms with Gasteiger partial charge in [0.05, 0.1) is 5.41 Å². The van der Waals surface area contributed by atoms with Crippen LogP contribution in [0.3, 0.4) is 0 Å². The molecule has 0 aliphatic heterocycles. The molecule has 0 amide bonds. The Hall–Kier alpha value is -0.990. The summed E-state index contributed by atoms with van der Waals surface area (Å²) in [4.78, 5) is 0. The normalized spacial score (nSPS) is 22.4. The van der Waals surface area contributed by atoms with E-state index in [4.69, 9.17) is 24.7 Å². The van der Waals surface area contributed by atoms with Crippen molar-refractivity contribution in [3.63, 3.8) is 0 Å². The molecule has 73 heavy (non-hydrogen) atoms. The fraction of sp³-hybridized carbons (Fsp3) is 0.914. The molecule has 3 heteroatoms. The Labute approximate surface area is 488 Å². The molecule has 0 bridgehead atoms. The van der Waals surface area contributed by atoms with Gasteiger partial charge in [-0.15, -0.1) is 0 Å². The van der Waals surface area contributed by atoms with E-state index in [-0.39, 0.29) is 44.8 Å². The second-order valence-corrected chi connectivity index (χ2v) is 30.3. The lowest BCUT2D eigenvalue weighted by Gasteiger charge is -2.34. The molecular formula is C70H141F3. The van der Waals surface area contributed by atoms with Gasteiger partial charge in [-0.3, -0.25) is 0 Å². The van der Waals surface area contributed by atoms with Crippen LogP contribution in [0.1, 0.15) is 362 Å². The number of halogens is 3. The first-order chi connectivity index (χ1) is 38.7. The highest BCUT2D eigenvalue weighted by molar-refractivity contribution is 5.22. The van der Waals surface area contributed by atoms with Crippen molar-refractivity contribution in [1.29, 1.82) is 0 Å². The summed E-state index contributed by atoms with van der Waals surface area (Å²) >= 11 is 0. The van der Waals surface area contributed by atoms with Crippen LogP contribution in [-0.4, -0.2) is 6.18 Å². The predicted molar refractivity (Wildman–Crippen MR) is 332 cm³/mol. The molecule has 442 valence electrons. The summed E-state index contributed by atoms with van der Waals surface area (Å²) in [6.45, 7) is 57.0. The lowest BCUT2D eigenvalue weighted by molar-refractivity contribution is -0.220. The van der Waals surface area contributed by atoms with E-state index in [1.54, 1.807) is 41.5 Å². The molecule has 1 unspecified atom stereocenters. The molecule has 0 aromatic heterocycles. The summed E-state index contributed by atoms with van der Waals surface area (Å²) < 4.78 is 175. The van der Waals surface area contributed by atoms with Gasteiger partial charge in [-0.05, 0) is 129 Å². The average molecular weight is 1060 g/mol. The zero-order chi connectivity index (χ0) is 75.6. The molecule has 2 aliphatic rings. The molecule has 0 nitrogen and oxygen atoms in total. The van der Waals surface area contributed by atoms with Crippen LogP contribution in [0.5, 0.6) is 0 Å². The molecule has 2 aliphatic carbocycles. The first-order valence-corrected chi connectivity index (χ1v) is 27.8. The van der Waals surface area contributed by atoms with Gasteiger partial charge in [-0.25, -0.2) is 0 Å². The van der Waals surface area contributed by atoms with Gasteiger partial charge in [0.15, 0.2) is 0 Å². The Morgan fingerprint density at radius 2 is 0.863 bits per heavy atom. The lowest BCUT2D eigenvalue weighted by Crippen LogP contribution is -2.35. The summed E-state index contributed by atoms with van der Waals surface area (Å²) in [6, 6.07) is 10.6. The summed E-state index contributed by atoms with van der Waals surface area (Å²) in [7, 11) is 0. The van der Waals surface area contributed by atoms with Crippen molar-refractivity contribution in [2.45, 2.75) is 343 Å². The van der Waals surface area contributed by atoms with Gasteiger partial charge in [-0.2, -0.15) is 13.2 Å². The Balaban J connectivity index is -0.000000311. The molecule has 2 fully saturated rings. The topological polar surface area (TPSA) is 0 Å². The monoisotopic (exact) mass is 1060 g/mol. The van der Waals surface area contributed by atoms with Crippen molar-refractivity contribution in [2.75, 3.05) is 0 Å². The molecular weight excluding hydrogens is 898 g/mol. The van der Waals surface area contributed by atoms with Gasteiger partial charge in [0.1, 0.15) is 0 Å². The van der Waals surface area contributed by atoms with Crippen LogP contribution < -0.4 is 0 Å². The fourth-order valence-electron chi connectivity index (χ4n) is 7.97. The number of rotatable bonds is 4. The molecule has 1 aromatic rings.